The van der Waals surface area contributed by atoms with Crippen LogP contribution < -0.4 is 5.73 Å². The molecule has 0 amide bonds. The standard InChI is InChI=1S/C13H19FN2/c14-12-10-16(9-7-13(12)15)8-6-11-4-2-1-3-5-11/h1-5,12-13H,6-10,15H2/t12-,13-/m0/s1. The first-order chi connectivity index (χ1) is 7.75. The van der Waals surface area contributed by atoms with Crippen molar-refractivity contribution >= 4 is 0 Å². The molecule has 2 nitrogen and oxygen atoms in total. The number of nitrogens with two attached hydrogens (primary N) is 1. The molecule has 16 heavy (non-hydrogen) atoms. The van der Waals surface area contributed by atoms with Gasteiger partial charge >= 0.3 is 0 Å². The van der Waals surface area contributed by atoms with E-state index in [-0.39, 0.29) is 6.04 Å². The Balaban J connectivity index is 1.79. The van der Waals surface area contributed by atoms with Crippen molar-refractivity contribution in [1.82, 2.24) is 4.90 Å². The molecule has 1 aliphatic rings. The van der Waals surface area contributed by atoms with Gasteiger partial charge in [0.25, 0.3) is 0 Å². The number of piperidine rings is 1. The number of nitrogens with zero attached hydrogens (tertiary/aromatic N) is 1. The molecule has 0 unspecified atom stereocenters. The van der Waals surface area contributed by atoms with Crippen LogP contribution in [-0.2, 0) is 6.42 Å². The Labute approximate surface area is 96.2 Å². The van der Waals surface area contributed by atoms with E-state index in [4.69, 9.17) is 5.73 Å². The van der Waals surface area contributed by atoms with Crippen molar-refractivity contribution < 1.29 is 4.39 Å². The SMILES string of the molecule is N[C@H]1CCN(CCc2ccccc2)C[C@@H]1F. The summed E-state index contributed by atoms with van der Waals surface area (Å²) in [7, 11) is 0. The Morgan fingerprint density at radius 1 is 1.31 bits per heavy atom. The maximum absolute atomic E-state index is 13.4. The zero-order chi connectivity index (χ0) is 11.4. The van der Waals surface area contributed by atoms with Crippen molar-refractivity contribution in [3.8, 4) is 0 Å². The quantitative estimate of drug-likeness (QED) is 0.841. The highest BCUT2D eigenvalue weighted by molar-refractivity contribution is 5.14. The van der Waals surface area contributed by atoms with Gasteiger partial charge in [0.15, 0.2) is 0 Å². The second-order valence-electron chi connectivity index (χ2n) is 4.50. The van der Waals surface area contributed by atoms with Crippen molar-refractivity contribution in [3.63, 3.8) is 0 Å². The lowest BCUT2D eigenvalue weighted by Crippen LogP contribution is -2.48. The summed E-state index contributed by atoms with van der Waals surface area (Å²) in [5.74, 6) is 0. The topological polar surface area (TPSA) is 29.3 Å². The highest BCUT2D eigenvalue weighted by Gasteiger charge is 2.25. The molecule has 0 bridgehead atoms. The average Bonchev–Trinajstić information content (AvgIpc) is 2.32. The third-order valence-corrected chi connectivity index (χ3v) is 3.24. The summed E-state index contributed by atoms with van der Waals surface area (Å²) in [5, 5.41) is 0. The summed E-state index contributed by atoms with van der Waals surface area (Å²) in [6.07, 6.45) is 0.906. The largest absolute Gasteiger partial charge is 0.325 e. The summed E-state index contributed by atoms with van der Waals surface area (Å²) in [4.78, 5) is 2.17. The molecule has 1 fully saturated rings. The molecule has 2 rings (SSSR count). The minimum Gasteiger partial charge on any atom is -0.325 e. The van der Waals surface area contributed by atoms with E-state index in [2.05, 4.69) is 17.0 Å². The van der Waals surface area contributed by atoms with E-state index >= 15 is 0 Å². The number of hydrogen-bond acceptors (Lipinski definition) is 2. The third-order valence-electron chi connectivity index (χ3n) is 3.24. The molecule has 2 N–H and O–H groups in total. The number of benzene rings is 1. The molecule has 1 heterocycles. The van der Waals surface area contributed by atoms with Gasteiger partial charge in [-0.25, -0.2) is 4.39 Å². The van der Waals surface area contributed by atoms with Crippen LogP contribution in [-0.4, -0.2) is 36.7 Å². The minimum atomic E-state index is -0.857. The molecule has 3 heteroatoms. The molecular weight excluding hydrogens is 203 g/mol. The minimum absolute atomic E-state index is 0.257. The monoisotopic (exact) mass is 222 g/mol. The van der Waals surface area contributed by atoms with Crippen LogP contribution in [0.1, 0.15) is 12.0 Å². The first-order valence-corrected chi connectivity index (χ1v) is 5.91. The maximum Gasteiger partial charge on any atom is 0.128 e. The van der Waals surface area contributed by atoms with Gasteiger partial charge < -0.3 is 5.73 Å². The first kappa shape index (κ1) is 11.6. The van der Waals surface area contributed by atoms with Gasteiger partial charge in [0, 0.05) is 19.1 Å². The van der Waals surface area contributed by atoms with Crippen LogP contribution >= 0.6 is 0 Å². The zero-order valence-electron chi connectivity index (χ0n) is 9.48. The van der Waals surface area contributed by atoms with E-state index in [0.29, 0.717) is 6.54 Å². The lowest BCUT2D eigenvalue weighted by Gasteiger charge is -2.32. The van der Waals surface area contributed by atoms with Crippen LogP contribution in [0.15, 0.2) is 30.3 Å². The Bertz CT molecular complexity index is 315. The first-order valence-electron chi connectivity index (χ1n) is 5.91. The van der Waals surface area contributed by atoms with Crippen LogP contribution in [0.3, 0.4) is 0 Å². The highest BCUT2D eigenvalue weighted by Crippen LogP contribution is 2.13. The smallest absolute Gasteiger partial charge is 0.128 e. The van der Waals surface area contributed by atoms with Crippen LogP contribution in [0.2, 0.25) is 0 Å². The van der Waals surface area contributed by atoms with Gasteiger partial charge in [0.1, 0.15) is 6.17 Å². The Morgan fingerprint density at radius 2 is 2.06 bits per heavy atom. The zero-order valence-corrected chi connectivity index (χ0v) is 9.48. The molecule has 0 spiro atoms. The fourth-order valence-corrected chi connectivity index (χ4v) is 2.12. The molecule has 1 saturated heterocycles. The number of hydrogen-bond donors (Lipinski definition) is 1. The number of alkyl halides is 1. The van der Waals surface area contributed by atoms with Gasteiger partial charge in [0.2, 0.25) is 0 Å². The van der Waals surface area contributed by atoms with Gasteiger partial charge in [-0.15, -0.1) is 0 Å². The Kier molecular flexibility index (Phi) is 3.91. The Morgan fingerprint density at radius 3 is 2.75 bits per heavy atom. The maximum atomic E-state index is 13.4. The van der Waals surface area contributed by atoms with Gasteiger partial charge in [-0.1, -0.05) is 30.3 Å². The highest BCUT2D eigenvalue weighted by atomic mass is 19.1. The predicted octanol–water partition coefficient (Wildman–Crippen LogP) is 1.60. The fraction of sp³-hybridized carbons (Fsp3) is 0.538. The van der Waals surface area contributed by atoms with Crippen molar-refractivity contribution in [2.75, 3.05) is 19.6 Å². The van der Waals surface area contributed by atoms with Crippen LogP contribution in [0.5, 0.6) is 0 Å². The van der Waals surface area contributed by atoms with Crippen molar-refractivity contribution in [3.05, 3.63) is 35.9 Å². The van der Waals surface area contributed by atoms with E-state index in [0.717, 1.165) is 25.9 Å². The van der Waals surface area contributed by atoms with E-state index in [1.54, 1.807) is 0 Å². The molecular formula is C13H19FN2. The average molecular weight is 222 g/mol. The lowest BCUT2D eigenvalue weighted by atomic mass is 10.0. The number of likely N-dealkylation sites (tertiary alicyclic amines) is 1. The van der Waals surface area contributed by atoms with Crippen molar-refractivity contribution in [2.24, 2.45) is 5.73 Å². The second kappa shape index (κ2) is 5.41. The summed E-state index contributed by atoms with van der Waals surface area (Å²) < 4.78 is 13.4. The number of rotatable bonds is 3. The molecule has 1 aromatic carbocycles. The van der Waals surface area contributed by atoms with E-state index < -0.39 is 6.17 Å². The van der Waals surface area contributed by atoms with Crippen molar-refractivity contribution in [2.45, 2.75) is 25.1 Å². The van der Waals surface area contributed by atoms with E-state index in [1.807, 2.05) is 18.2 Å². The third kappa shape index (κ3) is 3.03. The molecule has 0 saturated carbocycles. The summed E-state index contributed by atoms with van der Waals surface area (Å²) >= 11 is 0. The molecule has 0 aliphatic carbocycles. The van der Waals surface area contributed by atoms with Gasteiger partial charge in [-0.2, -0.15) is 0 Å². The van der Waals surface area contributed by atoms with Gasteiger partial charge in [0.05, 0.1) is 0 Å². The second-order valence-corrected chi connectivity index (χ2v) is 4.50. The molecule has 1 aromatic rings. The fourth-order valence-electron chi connectivity index (χ4n) is 2.12. The summed E-state index contributed by atoms with van der Waals surface area (Å²) in [5.41, 5.74) is 6.96. The molecule has 0 aromatic heterocycles. The summed E-state index contributed by atoms with van der Waals surface area (Å²) in [6, 6.07) is 10.1. The van der Waals surface area contributed by atoms with Crippen LogP contribution in [0, 0.1) is 0 Å². The van der Waals surface area contributed by atoms with Crippen LogP contribution in [0.25, 0.3) is 0 Å². The predicted molar refractivity (Wildman–Crippen MR) is 64.1 cm³/mol. The molecule has 2 atom stereocenters. The van der Waals surface area contributed by atoms with Gasteiger partial charge in [-0.05, 0) is 24.9 Å². The van der Waals surface area contributed by atoms with Gasteiger partial charge in [-0.3, -0.25) is 4.90 Å². The van der Waals surface area contributed by atoms with Crippen LogP contribution in [0.4, 0.5) is 4.39 Å². The van der Waals surface area contributed by atoms with E-state index in [1.165, 1.54) is 5.56 Å². The Hall–Kier alpha value is -0.930. The molecule has 0 radical (unpaired) electrons. The molecule has 1 aliphatic heterocycles. The van der Waals surface area contributed by atoms with E-state index in [9.17, 15) is 4.39 Å². The van der Waals surface area contributed by atoms with Crippen molar-refractivity contribution in [1.29, 1.82) is 0 Å². The number of halogens is 1. The lowest BCUT2D eigenvalue weighted by molar-refractivity contribution is 0.120. The normalized spacial score (nSPS) is 26.9. The summed E-state index contributed by atoms with van der Waals surface area (Å²) in [6.45, 7) is 2.35. The molecule has 88 valence electrons.